The van der Waals surface area contributed by atoms with Crippen molar-refractivity contribution in [3.8, 4) is 0 Å². The van der Waals surface area contributed by atoms with Crippen LogP contribution in [0.4, 0.5) is 10.1 Å². The van der Waals surface area contributed by atoms with Crippen LogP contribution in [0.1, 0.15) is 44.6 Å². The monoisotopic (exact) mass is 250 g/mol. The standard InChI is InChI=1S/C15H23FN2/c1-2-5-14-6-3-4-7-18(14)15-9-12(11-17)8-13(16)10-15/h8-10,14H,2-7,11,17H2,1H3. The number of rotatable bonds is 4. The summed E-state index contributed by atoms with van der Waals surface area (Å²) in [7, 11) is 0. The van der Waals surface area contributed by atoms with Crippen molar-refractivity contribution in [3.63, 3.8) is 0 Å². The Labute approximate surface area is 109 Å². The van der Waals surface area contributed by atoms with Gasteiger partial charge in [0.05, 0.1) is 0 Å². The number of nitrogens with two attached hydrogens (primary N) is 1. The van der Waals surface area contributed by atoms with Crippen LogP contribution >= 0.6 is 0 Å². The van der Waals surface area contributed by atoms with E-state index in [1.807, 2.05) is 6.07 Å². The quantitative estimate of drug-likeness (QED) is 0.887. The summed E-state index contributed by atoms with van der Waals surface area (Å²) < 4.78 is 13.6. The number of piperidine rings is 1. The van der Waals surface area contributed by atoms with E-state index in [0.29, 0.717) is 12.6 Å². The minimum absolute atomic E-state index is 0.172. The summed E-state index contributed by atoms with van der Waals surface area (Å²) >= 11 is 0. The Morgan fingerprint density at radius 1 is 1.33 bits per heavy atom. The van der Waals surface area contributed by atoms with Crippen molar-refractivity contribution in [2.45, 2.75) is 51.6 Å². The number of hydrogen-bond donors (Lipinski definition) is 1. The van der Waals surface area contributed by atoms with Crippen molar-refractivity contribution < 1.29 is 4.39 Å². The summed E-state index contributed by atoms with van der Waals surface area (Å²) in [4.78, 5) is 2.37. The van der Waals surface area contributed by atoms with Crippen molar-refractivity contribution in [1.82, 2.24) is 0 Å². The molecule has 1 aromatic carbocycles. The third kappa shape index (κ3) is 3.02. The average Bonchev–Trinajstić information content (AvgIpc) is 2.39. The normalized spacial score (nSPS) is 20.2. The molecule has 1 aliphatic heterocycles. The summed E-state index contributed by atoms with van der Waals surface area (Å²) in [6.45, 7) is 3.65. The minimum Gasteiger partial charge on any atom is -0.368 e. The van der Waals surface area contributed by atoms with Gasteiger partial charge < -0.3 is 10.6 Å². The summed E-state index contributed by atoms with van der Waals surface area (Å²) in [5, 5.41) is 0. The highest BCUT2D eigenvalue weighted by Gasteiger charge is 2.22. The highest BCUT2D eigenvalue weighted by atomic mass is 19.1. The van der Waals surface area contributed by atoms with E-state index in [-0.39, 0.29) is 5.82 Å². The van der Waals surface area contributed by atoms with E-state index in [1.54, 1.807) is 6.07 Å². The molecule has 1 atom stereocenters. The SMILES string of the molecule is CCCC1CCCCN1c1cc(F)cc(CN)c1. The first-order chi connectivity index (χ1) is 8.74. The lowest BCUT2D eigenvalue weighted by Crippen LogP contribution is -2.39. The van der Waals surface area contributed by atoms with E-state index in [0.717, 1.165) is 17.8 Å². The molecule has 1 heterocycles. The largest absolute Gasteiger partial charge is 0.368 e. The second-order valence-electron chi connectivity index (χ2n) is 5.15. The van der Waals surface area contributed by atoms with Crippen molar-refractivity contribution in [3.05, 3.63) is 29.6 Å². The molecule has 18 heavy (non-hydrogen) atoms. The van der Waals surface area contributed by atoms with Gasteiger partial charge in [0.15, 0.2) is 0 Å². The van der Waals surface area contributed by atoms with Gasteiger partial charge in [0.2, 0.25) is 0 Å². The van der Waals surface area contributed by atoms with Gasteiger partial charge >= 0.3 is 0 Å². The molecule has 0 amide bonds. The lowest BCUT2D eigenvalue weighted by Gasteiger charge is -2.38. The van der Waals surface area contributed by atoms with E-state index in [2.05, 4.69) is 11.8 Å². The molecule has 0 saturated carbocycles. The third-order valence-electron chi connectivity index (χ3n) is 3.76. The maximum Gasteiger partial charge on any atom is 0.125 e. The molecular formula is C15H23FN2. The molecule has 0 bridgehead atoms. The lowest BCUT2D eigenvalue weighted by molar-refractivity contribution is 0.434. The molecule has 0 aliphatic carbocycles. The fraction of sp³-hybridized carbons (Fsp3) is 0.600. The van der Waals surface area contributed by atoms with Crippen molar-refractivity contribution in [1.29, 1.82) is 0 Å². The van der Waals surface area contributed by atoms with Gasteiger partial charge in [-0.15, -0.1) is 0 Å². The predicted molar refractivity (Wildman–Crippen MR) is 74.2 cm³/mol. The Morgan fingerprint density at radius 2 is 2.17 bits per heavy atom. The van der Waals surface area contributed by atoms with Gasteiger partial charge in [0, 0.05) is 24.8 Å². The summed E-state index contributed by atoms with van der Waals surface area (Å²) in [5.74, 6) is -0.172. The van der Waals surface area contributed by atoms with Crippen LogP contribution in [0.3, 0.4) is 0 Å². The maximum atomic E-state index is 13.6. The fourth-order valence-corrected chi connectivity index (χ4v) is 2.89. The van der Waals surface area contributed by atoms with Crippen LogP contribution in [-0.4, -0.2) is 12.6 Å². The molecule has 1 saturated heterocycles. The van der Waals surface area contributed by atoms with Gasteiger partial charge in [0.1, 0.15) is 5.82 Å². The van der Waals surface area contributed by atoms with Crippen LogP contribution in [0.2, 0.25) is 0 Å². The number of nitrogens with zero attached hydrogens (tertiary/aromatic N) is 1. The molecule has 2 rings (SSSR count). The van der Waals surface area contributed by atoms with E-state index >= 15 is 0 Å². The smallest absolute Gasteiger partial charge is 0.125 e. The van der Waals surface area contributed by atoms with Gasteiger partial charge in [-0.1, -0.05) is 13.3 Å². The molecule has 1 aromatic rings. The Bertz CT molecular complexity index is 390. The van der Waals surface area contributed by atoms with E-state index < -0.39 is 0 Å². The molecule has 100 valence electrons. The topological polar surface area (TPSA) is 29.3 Å². The van der Waals surface area contributed by atoms with E-state index in [1.165, 1.54) is 38.2 Å². The zero-order valence-corrected chi connectivity index (χ0v) is 11.2. The number of anilines is 1. The number of benzene rings is 1. The van der Waals surface area contributed by atoms with E-state index in [4.69, 9.17) is 5.73 Å². The maximum absolute atomic E-state index is 13.6. The molecule has 0 spiro atoms. The first kappa shape index (κ1) is 13.3. The summed E-state index contributed by atoms with van der Waals surface area (Å²) in [5.41, 5.74) is 7.51. The molecule has 2 N–H and O–H groups in total. The molecular weight excluding hydrogens is 227 g/mol. The summed E-state index contributed by atoms with van der Waals surface area (Å²) in [6.07, 6.45) is 6.09. The molecule has 3 heteroatoms. The molecule has 1 unspecified atom stereocenters. The van der Waals surface area contributed by atoms with Gasteiger partial charge in [-0.3, -0.25) is 0 Å². The Hall–Kier alpha value is -1.09. The fourth-order valence-electron chi connectivity index (χ4n) is 2.89. The van der Waals surface area contributed by atoms with Crippen LogP contribution in [0.15, 0.2) is 18.2 Å². The molecule has 0 aromatic heterocycles. The molecule has 2 nitrogen and oxygen atoms in total. The van der Waals surface area contributed by atoms with Crippen molar-refractivity contribution in [2.75, 3.05) is 11.4 Å². The Balaban J connectivity index is 2.24. The van der Waals surface area contributed by atoms with E-state index in [9.17, 15) is 4.39 Å². The first-order valence-electron chi connectivity index (χ1n) is 7.00. The van der Waals surface area contributed by atoms with Crippen LogP contribution < -0.4 is 10.6 Å². The predicted octanol–water partition coefficient (Wildman–Crippen LogP) is 3.44. The lowest BCUT2D eigenvalue weighted by atomic mass is 9.97. The highest BCUT2D eigenvalue weighted by molar-refractivity contribution is 5.50. The highest BCUT2D eigenvalue weighted by Crippen LogP contribution is 2.28. The zero-order valence-electron chi connectivity index (χ0n) is 11.2. The van der Waals surface area contributed by atoms with Crippen molar-refractivity contribution in [2.24, 2.45) is 5.73 Å². The van der Waals surface area contributed by atoms with Crippen LogP contribution in [0, 0.1) is 5.82 Å². The number of hydrogen-bond acceptors (Lipinski definition) is 2. The van der Waals surface area contributed by atoms with Crippen LogP contribution in [0.5, 0.6) is 0 Å². The average molecular weight is 250 g/mol. The third-order valence-corrected chi connectivity index (χ3v) is 3.76. The second kappa shape index (κ2) is 6.19. The van der Waals surface area contributed by atoms with Crippen LogP contribution in [-0.2, 0) is 6.54 Å². The zero-order chi connectivity index (χ0) is 13.0. The molecule has 1 fully saturated rings. The Kier molecular flexibility index (Phi) is 4.59. The molecule has 0 radical (unpaired) electrons. The van der Waals surface area contributed by atoms with Crippen LogP contribution in [0.25, 0.3) is 0 Å². The summed E-state index contributed by atoms with van der Waals surface area (Å²) in [6, 6.07) is 5.78. The van der Waals surface area contributed by atoms with Crippen molar-refractivity contribution >= 4 is 5.69 Å². The number of halogens is 1. The van der Waals surface area contributed by atoms with Gasteiger partial charge in [-0.05, 0) is 49.4 Å². The van der Waals surface area contributed by atoms with Gasteiger partial charge in [-0.2, -0.15) is 0 Å². The Morgan fingerprint density at radius 3 is 2.89 bits per heavy atom. The molecule has 1 aliphatic rings. The first-order valence-corrected chi connectivity index (χ1v) is 7.00. The minimum atomic E-state index is -0.172. The van der Waals surface area contributed by atoms with Gasteiger partial charge in [-0.25, -0.2) is 4.39 Å². The second-order valence-corrected chi connectivity index (χ2v) is 5.15. The van der Waals surface area contributed by atoms with Gasteiger partial charge in [0.25, 0.3) is 0 Å².